The number of anilines is 1. The molecule has 0 fully saturated rings. The number of carbonyl (C=O) groups is 2. The topological polar surface area (TPSA) is 169 Å². The first kappa shape index (κ1) is 31.1. The Kier molecular flexibility index (Phi) is 10.4. The Bertz CT molecular complexity index is 1590. The molecule has 14 heteroatoms. The van der Waals surface area contributed by atoms with Crippen LogP contribution in [0.4, 0.5) is 10.5 Å². The average molecular weight is 595 g/mol. The van der Waals surface area contributed by atoms with E-state index in [0.29, 0.717) is 67.8 Å². The number of amides is 2. The van der Waals surface area contributed by atoms with Gasteiger partial charge in [0.25, 0.3) is 11.5 Å². The molecule has 0 bridgehead atoms. The molecule has 43 heavy (non-hydrogen) atoms. The van der Waals surface area contributed by atoms with Crippen molar-refractivity contribution in [1.82, 2.24) is 25.1 Å². The molecule has 1 aromatic carbocycles. The van der Waals surface area contributed by atoms with Crippen LogP contribution in [-0.4, -0.2) is 76.9 Å². The van der Waals surface area contributed by atoms with Crippen LogP contribution in [0.1, 0.15) is 31.3 Å². The highest BCUT2D eigenvalue weighted by Gasteiger charge is 2.16. The van der Waals surface area contributed by atoms with Crippen molar-refractivity contribution < 1.29 is 33.0 Å². The van der Waals surface area contributed by atoms with Crippen molar-refractivity contribution in [2.75, 3.05) is 44.9 Å². The molecule has 4 rings (SSSR count). The monoisotopic (exact) mass is 594 g/mol. The first-order valence-corrected chi connectivity index (χ1v) is 13.6. The molecule has 228 valence electrons. The second-order valence-electron chi connectivity index (χ2n) is 10.2. The number of alkyl carbamates (subject to hydrolysis) is 1. The maximum absolute atomic E-state index is 12.7. The quantitative estimate of drug-likeness (QED) is 0.218. The fourth-order valence-corrected chi connectivity index (χ4v) is 3.61. The summed E-state index contributed by atoms with van der Waals surface area (Å²) in [5.41, 5.74) is 1.37. The minimum absolute atomic E-state index is 0.206. The Morgan fingerprint density at radius 3 is 2.47 bits per heavy atom. The third kappa shape index (κ3) is 9.61. The fourth-order valence-electron chi connectivity index (χ4n) is 3.61. The van der Waals surface area contributed by atoms with Crippen LogP contribution in [0, 0.1) is 0 Å². The molecular formula is C29H34N6O8. The van der Waals surface area contributed by atoms with Gasteiger partial charge in [-0.25, -0.2) is 19.4 Å². The van der Waals surface area contributed by atoms with E-state index in [-0.39, 0.29) is 17.1 Å². The fraction of sp³-hybridized carbons (Fsp3) is 0.379. The van der Waals surface area contributed by atoms with Crippen LogP contribution in [0.15, 0.2) is 57.9 Å². The van der Waals surface area contributed by atoms with Gasteiger partial charge in [-0.1, -0.05) is 0 Å². The van der Waals surface area contributed by atoms with Crippen LogP contribution in [0.3, 0.4) is 0 Å². The van der Waals surface area contributed by atoms with Gasteiger partial charge in [0, 0.05) is 25.3 Å². The van der Waals surface area contributed by atoms with Crippen LogP contribution < -0.4 is 20.9 Å². The Morgan fingerprint density at radius 2 is 1.74 bits per heavy atom. The summed E-state index contributed by atoms with van der Waals surface area (Å²) >= 11 is 0. The molecule has 0 saturated carbocycles. The van der Waals surface area contributed by atoms with Crippen LogP contribution in [0.25, 0.3) is 22.7 Å². The van der Waals surface area contributed by atoms with E-state index in [4.69, 9.17) is 23.4 Å². The maximum atomic E-state index is 12.7. The molecule has 3 heterocycles. The van der Waals surface area contributed by atoms with Gasteiger partial charge < -0.3 is 34.0 Å². The highest BCUT2D eigenvalue weighted by molar-refractivity contribution is 6.03. The zero-order valence-corrected chi connectivity index (χ0v) is 24.4. The largest absolute Gasteiger partial charge is 0.490 e. The second kappa shape index (κ2) is 14.4. The molecule has 4 aromatic rings. The lowest BCUT2D eigenvalue weighted by molar-refractivity contribution is 0.0327. The van der Waals surface area contributed by atoms with Crippen LogP contribution >= 0.6 is 0 Å². The number of rotatable bonds is 13. The molecule has 0 unspecified atom stereocenters. The Labute approximate surface area is 247 Å². The van der Waals surface area contributed by atoms with E-state index in [0.717, 1.165) is 0 Å². The zero-order chi connectivity index (χ0) is 30.8. The number of carbonyl (C=O) groups excluding carboxylic acids is 2. The summed E-state index contributed by atoms with van der Waals surface area (Å²) in [7, 11) is 1.54. The number of aromatic nitrogens is 4. The van der Waals surface area contributed by atoms with E-state index in [1.165, 1.54) is 23.0 Å². The van der Waals surface area contributed by atoms with E-state index in [1.54, 1.807) is 58.2 Å². The molecule has 2 amide bonds. The van der Waals surface area contributed by atoms with E-state index >= 15 is 0 Å². The molecule has 0 radical (unpaired) electrons. The van der Waals surface area contributed by atoms with Gasteiger partial charge in [0.2, 0.25) is 5.89 Å². The lowest BCUT2D eigenvalue weighted by Crippen LogP contribution is -2.34. The van der Waals surface area contributed by atoms with Crippen molar-refractivity contribution in [2.24, 2.45) is 7.05 Å². The van der Waals surface area contributed by atoms with Crippen LogP contribution in [-0.2, 0) is 21.3 Å². The van der Waals surface area contributed by atoms with Gasteiger partial charge in [0.05, 0.1) is 32.6 Å². The van der Waals surface area contributed by atoms with Crippen molar-refractivity contribution in [1.29, 1.82) is 0 Å². The lowest BCUT2D eigenvalue weighted by atomic mass is 10.2. The van der Waals surface area contributed by atoms with Crippen molar-refractivity contribution in [3.63, 3.8) is 0 Å². The lowest BCUT2D eigenvalue weighted by Gasteiger charge is -2.19. The summed E-state index contributed by atoms with van der Waals surface area (Å²) in [6, 6.07) is 11.2. The smallest absolute Gasteiger partial charge is 0.407 e. The van der Waals surface area contributed by atoms with Gasteiger partial charge in [-0.3, -0.25) is 9.59 Å². The van der Waals surface area contributed by atoms with Gasteiger partial charge in [0.1, 0.15) is 34.9 Å². The van der Waals surface area contributed by atoms with E-state index in [9.17, 15) is 14.4 Å². The summed E-state index contributed by atoms with van der Waals surface area (Å²) in [6.45, 7) is 7.46. The summed E-state index contributed by atoms with van der Waals surface area (Å²) < 4.78 is 28.6. The summed E-state index contributed by atoms with van der Waals surface area (Å²) in [6.07, 6.45) is 0.980. The SMILES string of the molecule is Cn1nc(-c2nc3cc(NC(=O)c4ccc(OCCOCCOCCNC(=O)OC(C)(C)C)cn4)ccc3o2)ccc1=O. The first-order chi connectivity index (χ1) is 20.6. The first-order valence-electron chi connectivity index (χ1n) is 13.6. The van der Waals surface area contributed by atoms with E-state index in [2.05, 4.69) is 25.7 Å². The van der Waals surface area contributed by atoms with Gasteiger partial charge in [-0.15, -0.1) is 0 Å². The minimum atomic E-state index is -0.539. The van der Waals surface area contributed by atoms with E-state index in [1.807, 2.05) is 0 Å². The molecule has 0 atom stereocenters. The second-order valence-corrected chi connectivity index (χ2v) is 10.2. The van der Waals surface area contributed by atoms with Gasteiger partial charge >= 0.3 is 6.09 Å². The number of hydrogen-bond acceptors (Lipinski definition) is 11. The Morgan fingerprint density at radius 1 is 0.977 bits per heavy atom. The van der Waals surface area contributed by atoms with Crippen LogP contribution in [0.2, 0.25) is 0 Å². The predicted octanol–water partition coefficient (Wildman–Crippen LogP) is 3.17. The molecule has 0 aliphatic carbocycles. The Balaban J connectivity index is 1.14. The number of benzene rings is 1. The third-order valence-electron chi connectivity index (χ3n) is 5.58. The zero-order valence-electron chi connectivity index (χ0n) is 24.4. The standard InChI is InChI=1S/C29H34N6O8/c1-29(2,3)43-28(38)30-11-12-39-13-14-40-15-16-41-20-6-7-21(31-18-20)26(37)32-19-5-9-24-23(17-19)33-27(42-24)22-8-10-25(36)35(4)34-22/h5-10,17-18H,11-16H2,1-4H3,(H,30,38)(H,32,37). The maximum Gasteiger partial charge on any atom is 0.407 e. The third-order valence-corrected chi connectivity index (χ3v) is 5.58. The van der Waals surface area contributed by atoms with E-state index < -0.39 is 17.6 Å². The predicted molar refractivity (Wildman–Crippen MR) is 156 cm³/mol. The number of ether oxygens (including phenoxy) is 4. The normalized spacial score (nSPS) is 11.3. The highest BCUT2D eigenvalue weighted by Crippen LogP contribution is 2.25. The molecule has 0 spiro atoms. The van der Waals surface area contributed by atoms with Crippen molar-refractivity contribution in [2.45, 2.75) is 26.4 Å². The number of fused-ring (bicyclic) bond motifs is 1. The number of nitrogens with one attached hydrogen (secondary N) is 2. The van der Waals surface area contributed by atoms with Gasteiger partial charge in [-0.2, -0.15) is 5.10 Å². The molecule has 0 aliphatic heterocycles. The van der Waals surface area contributed by atoms with Gasteiger partial charge in [-0.05, 0) is 57.2 Å². The number of nitrogens with zero attached hydrogens (tertiary/aromatic N) is 4. The summed E-state index contributed by atoms with van der Waals surface area (Å²) in [5, 5.41) is 9.55. The summed E-state index contributed by atoms with van der Waals surface area (Å²) in [5.74, 6) is 0.349. The molecular weight excluding hydrogens is 560 g/mol. The minimum Gasteiger partial charge on any atom is -0.490 e. The molecule has 3 aromatic heterocycles. The van der Waals surface area contributed by atoms with Crippen molar-refractivity contribution in [3.8, 4) is 17.3 Å². The van der Waals surface area contributed by atoms with Gasteiger partial charge in [0.15, 0.2) is 5.58 Å². The number of oxazole rings is 1. The number of pyridine rings is 1. The molecule has 14 nitrogen and oxygen atoms in total. The molecule has 0 saturated heterocycles. The number of aryl methyl sites for hydroxylation is 1. The number of hydrogen-bond donors (Lipinski definition) is 2. The van der Waals surface area contributed by atoms with Crippen molar-refractivity contribution in [3.05, 3.63) is 64.7 Å². The summed E-state index contributed by atoms with van der Waals surface area (Å²) in [4.78, 5) is 44.4. The Hall–Kier alpha value is -4.82. The van der Waals surface area contributed by atoms with Crippen LogP contribution in [0.5, 0.6) is 5.75 Å². The molecule has 0 aliphatic rings. The average Bonchev–Trinajstić information content (AvgIpc) is 3.38. The highest BCUT2D eigenvalue weighted by atomic mass is 16.6. The van der Waals surface area contributed by atoms with Crippen molar-refractivity contribution >= 4 is 28.8 Å². The molecule has 2 N–H and O–H groups in total.